The maximum Gasteiger partial charge on any atom is 0.191 e. The molecule has 0 spiro atoms. The van der Waals surface area contributed by atoms with Crippen molar-refractivity contribution in [3.63, 3.8) is 0 Å². The van der Waals surface area contributed by atoms with E-state index in [1.807, 2.05) is 49.3 Å². The molecule has 1 unspecified atom stereocenters. The third-order valence-electron chi connectivity index (χ3n) is 5.44. The van der Waals surface area contributed by atoms with Gasteiger partial charge >= 0.3 is 0 Å². The van der Waals surface area contributed by atoms with Crippen LogP contribution in [-0.2, 0) is 11.3 Å². The van der Waals surface area contributed by atoms with Gasteiger partial charge in [0.25, 0.3) is 0 Å². The minimum absolute atomic E-state index is 0. The lowest BCUT2D eigenvalue weighted by atomic mass is 10.0. The number of hydrogen-bond donors (Lipinski definition) is 2. The van der Waals surface area contributed by atoms with E-state index in [1.54, 1.807) is 7.11 Å². The molecule has 2 heterocycles. The van der Waals surface area contributed by atoms with E-state index in [4.69, 9.17) is 14.5 Å². The quantitative estimate of drug-likeness (QED) is 0.274. The van der Waals surface area contributed by atoms with Crippen LogP contribution in [0, 0.1) is 0 Å². The number of methoxy groups -OCH3 is 1. The van der Waals surface area contributed by atoms with Crippen molar-refractivity contribution >= 4 is 35.8 Å². The van der Waals surface area contributed by atoms with Gasteiger partial charge in [-0.25, -0.2) is 9.98 Å². The summed E-state index contributed by atoms with van der Waals surface area (Å²) in [5.74, 6) is 2.59. The fourth-order valence-corrected chi connectivity index (χ4v) is 3.67. The summed E-state index contributed by atoms with van der Waals surface area (Å²) >= 11 is 0. The number of pyridine rings is 1. The van der Waals surface area contributed by atoms with Gasteiger partial charge in [0.15, 0.2) is 5.96 Å². The van der Waals surface area contributed by atoms with Gasteiger partial charge in [-0.3, -0.25) is 4.90 Å². The minimum atomic E-state index is 0. The number of anilines is 1. The number of aliphatic imine (C=N–C) groups is 1. The van der Waals surface area contributed by atoms with Gasteiger partial charge < -0.3 is 25.0 Å². The Morgan fingerprint density at radius 2 is 1.88 bits per heavy atom. The van der Waals surface area contributed by atoms with Gasteiger partial charge in [0, 0.05) is 40.3 Å². The normalized spacial score (nSPS) is 15.3. The fourth-order valence-electron chi connectivity index (χ4n) is 3.67. The highest BCUT2D eigenvalue weighted by Gasteiger charge is 2.23. The van der Waals surface area contributed by atoms with E-state index < -0.39 is 0 Å². The van der Waals surface area contributed by atoms with Crippen molar-refractivity contribution in [2.24, 2.45) is 4.99 Å². The van der Waals surface area contributed by atoms with Crippen LogP contribution in [0.5, 0.6) is 5.75 Å². The molecule has 1 fully saturated rings. The van der Waals surface area contributed by atoms with Gasteiger partial charge in [-0.05, 0) is 36.8 Å². The van der Waals surface area contributed by atoms with Crippen molar-refractivity contribution in [1.29, 1.82) is 0 Å². The molecule has 3 rings (SSSR count). The Labute approximate surface area is 214 Å². The number of hydrogen-bond acceptors (Lipinski definition) is 6. The van der Waals surface area contributed by atoms with Crippen molar-refractivity contribution < 1.29 is 9.47 Å². The number of aromatic nitrogens is 1. The standard InChI is InChI=1S/C24H36N6O2.HI/c1-5-25-24(26-17-20-7-6-8-23(28-20)29(2)3)27-18-22(30-13-15-32-16-14-30)19-9-11-21(31-4)12-10-19;/h6-12,22H,5,13-18H2,1-4H3,(H2,25,26,27);1H. The molecule has 1 aliphatic rings. The molecule has 1 aliphatic heterocycles. The molecular weight excluding hydrogens is 531 g/mol. The van der Waals surface area contributed by atoms with E-state index in [2.05, 4.69) is 39.6 Å². The van der Waals surface area contributed by atoms with Gasteiger partial charge in [0.05, 0.1) is 38.6 Å². The first-order valence-electron chi connectivity index (χ1n) is 11.2. The van der Waals surface area contributed by atoms with E-state index in [-0.39, 0.29) is 30.0 Å². The van der Waals surface area contributed by atoms with Crippen LogP contribution in [0.3, 0.4) is 0 Å². The smallest absolute Gasteiger partial charge is 0.191 e. The summed E-state index contributed by atoms with van der Waals surface area (Å²) in [6.45, 7) is 7.46. The molecule has 0 bridgehead atoms. The van der Waals surface area contributed by atoms with Crippen LogP contribution in [0.1, 0.15) is 24.2 Å². The average Bonchev–Trinajstić information content (AvgIpc) is 2.83. The number of ether oxygens (including phenoxy) is 2. The van der Waals surface area contributed by atoms with Crippen molar-refractivity contribution in [2.45, 2.75) is 19.5 Å². The number of benzene rings is 1. The third-order valence-corrected chi connectivity index (χ3v) is 5.44. The summed E-state index contributed by atoms with van der Waals surface area (Å²) in [6.07, 6.45) is 0. The number of morpholine rings is 1. The number of rotatable bonds is 9. The molecule has 1 atom stereocenters. The zero-order valence-electron chi connectivity index (χ0n) is 20.1. The first-order chi connectivity index (χ1) is 15.6. The highest BCUT2D eigenvalue weighted by Crippen LogP contribution is 2.23. The van der Waals surface area contributed by atoms with E-state index in [9.17, 15) is 0 Å². The molecule has 182 valence electrons. The first-order valence-corrected chi connectivity index (χ1v) is 11.2. The largest absolute Gasteiger partial charge is 0.497 e. The Balaban J connectivity index is 0.00000385. The molecule has 0 aliphatic carbocycles. The molecule has 1 aromatic heterocycles. The van der Waals surface area contributed by atoms with E-state index in [0.29, 0.717) is 6.54 Å². The van der Waals surface area contributed by atoms with Crippen LogP contribution >= 0.6 is 24.0 Å². The zero-order chi connectivity index (χ0) is 22.8. The summed E-state index contributed by atoms with van der Waals surface area (Å²) < 4.78 is 10.9. The Morgan fingerprint density at radius 3 is 2.52 bits per heavy atom. The van der Waals surface area contributed by atoms with Crippen molar-refractivity contribution in [2.75, 3.05) is 65.5 Å². The summed E-state index contributed by atoms with van der Waals surface area (Å²) in [5, 5.41) is 6.90. The lowest BCUT2D eigenvalue weighted by Gasteiger charge is -2.35. The molecular formula is C24H37IN6O2. The van der Waals surface area contributed by atoms with Crippen LogP contribution in [-0.4, -0.2) is 76.4 Å². The van der Waals surface area contributed by atoms with Crippen LogP contribution < -0.4 is 20.3 Å². The van der Waals surface area contributed by atoms with Crippen LogP contribution in [0.4, 0.5) is 5.82 Å². The van der Waals surface area contributed by atoms with Crippen LogP contribution in [0.2, 0.25) is 0 Å². The van der Waals surface area contributed by atoms with Gasteiger partial charge in [-0.2, -0.15) is 0 Å². The molecule has 33 heavy (non-hydrogen) atoms. The van der Waals surface area contributed by atoms with Crippen molar-refractivity contribution in [1.82, 2.24) is 20.5 Å². The second-order valence-corrected chi connectivity index (χ2v) is 7.89. The van der Waals surface area contributed by atoms with Gasteiger partial charge in [0.2, 0.25) is 0 Å². The van der Waals surface area contributed by atoms with E-state index >= 15 is 0 Å². The van der Waals surface area contributed by atoms with Crippen molar-refractivity contribution in [3.05, 3.63) is 53.7 Å². The first kappa shape index (κ1) is 27.1. The zero-order valence-corrected chi connectivity index (χ0v) is 22.4. The summed E-state index contributed by atoms with van der Waals surface area (Å²) in [5.41, 5.74) is 2.18. The number of nitrogens with one attached hydrogen (secondary N) is 2. The molecule has 0 radical (unpaired) electrons. The summed E-state index contributed by atoms with van der Waals surface area (Å²) in [4.78, 5) is 13.9. The molecule has 8 nitrogen and oxygen atoms in total. The second kappa shape index (κ2) is 14.2. The SMILES string of the molecule is CCNC(=NCc1cccc(N(C)C)n1)NCC(c1ccc(OC)cc1)N1CCOCC1.I. The minimum Gasteiger partial charge on any atom is -0.497 e. The molecule has 2 aromatic rings. The highest BCUT2D eigenvalue weighted by molar-refractivity contribution is 14.0. The lowest BCUT2D eigenvalue weighted by molar-refractivity contribution is 0.0170. The third kappa shape index (κ3) is 8.31. The number of nitrogens with zero attached hydrogens (tertiary/aromatic N) is 4. The monoisotopic (exact) mass is 568 g/mol. The summed E-state index contributed by atoms with van der Waals surface area (Å²) in [6, 6.07) is 14.6. The predicted molar refractivity (Wildman–Crippen MR) is 145 cm³/mol. The topological polar surface area (TPSA) is 74.2 Å². The lowest BCUT2D eigenvalue weighted by Crippen LogP contribution is -2.46. The Morgan fingerprint density at radius 1 is 1.15 bits per heavy atom. The van der Waals surface area contributed by atoms with Gasteiger partial charge in [0.1, 0.15) is 11.6 Å². The van der Waals surface area contributed by atoms with Gasteiger partial charge in [-0.1, -0.05) is 18.2 Å². The fraction of sp³-hybridized carbons (Fsp3) is 0.500. The van der Waals surface area contributed by atoms with Gasteiger partial charge in [-0.15, -0.1) is 24.0 Å². The predicted octanol–water partition coefficient (Wildman–Crippen LogP) is 2.90. The molecule has 0 saturated carbocycles. The molecule has 9 heteroatoms. The molecule has 2 N–H and O–H groups in total. The molecule has 1 saturated heterocycles. The highest BCUT2D eigenvalue weighted by atomic mass is 127. The number of guanidine groups is 1. The molecule has 0 amide bonds. The van der Waals surface area contributed by atoms with Crippen LogP contribution in [0.25, 0.3) is 0 Å². The Hall–Kier alpha value is -2.11. The van der Waals surface area contributed by atoms with Crippen LogP contribution in [0.15, 0.2) is 47.5 Å². The maximum absolute atomic E-state index is 5.57. The Kier molecular flexibility index (Phi) is 11.7. The maximum atomic E-state index is 5.57. The van der Waals surface area contributed by atoms with Crippen molar-refractivity contribution in [3.8, 4) is 5.75 Å². The number of halogens is 1. The molecule has 1 aromatic carbocycles. The van der Waals surface area contributed by atoms with E-state index in [0.717, 1.165) is 62.6 Å². The Bertz CT molecular complexity index is 856. The average molecular weight is 569 g/mol. The second-order valence-electron chi connectivity index (χ2n) is 7.89. The van der Waals surface area contributed by atoms with E-state index in [1.165, 1.54) is 5.56 Å². The summed E-state index contributed by atoms with van der Waals surface area (Å²) in [7, 11) is 5.68.